The summed E-state index contributed by atoms with van der Waals surface area (Å²) < 4.78 is 22.6. The number of rotatable bonds is 1. The van der Waals surface area contributed by atoms with Crippen molar-refractivity contribution in [2.75, 3.05) is 6.26 Å². The molecule has 0 amide bonds. The minimum atomic E-state index is -3.46. The normalized spacial score (nSPS) is 11.9. The first-order valence-corrected chi connectivity index (χ1v) is 6.24. The van der Waals surface area contributed by atoms with Crippen molar-refractivity contribution in [2.45, 2.75) is 5.03 Å². The summed E-state index contributed by atoms with van der Waals surface area (Å²) >= 11 is 5.70. The Morgan fingerprint density at radius 2 is 2.07 bits per heavy atom. The Bertz CT molecular complexity index is 627. The molecule has 7 heteroatoms. The van der Waals surface area contributed by atoms with Crippen LogP contribution >= 0.6 is 11.6 Å². The van der Waals surface area contributed by atoms with Gasteiger partial charge in [-0.2, -0.15) is 0 Å². The Balaban J connectivity index is 2.84. The van der Waals surface area contributed by atoms with Crippen LogP contribution in [0.1, 0.15) is 0 Å². The zero-order valence-electron chi connectivity index (χ0n) is 7.68. The van der Waals surface area contributed by atoms with E-state index in [0.717, 1.165) is 6.26 Å². The molecule has 0 N–H and O–H groups in total. The highest BCUT2D eigenvalue weighted by atomic mass is 35.5. The van der Waals surface area contributed by atoms with Crippen LogP contribution in [-0.4, -0.2) is 29.6 Å². The summed E-state index contributed by atoms with van der Waals surface area (Å²) in [6, 6.07) is 3.28. The third kappa shape index (κ3) is 1.91. The van der Waals surface area contributed by atoms with Gasteiger partial charge in [0.05, 0.1) is 0 Å². The molecule has 5 nitrogen and oxygen atoms in total. The van der Waals surface area contributed by atoms with Gasteiger partial charge in [-0.25, -0.2) is 23.4 Å². The van der Waals surface area contributed by atoms with Gasteiger partial charge in [-0.1, -0.05) is 11.6 Å². The van der Waals surface area contributed by atoms with E-state index in [1.165, 1.54) is 6.20 Å². The van der Waals surface area contributed by atoms with E-state index < -0.39 is 9.84 Å². The molecule has 2 aromatic rings. The lowest BCUT2D eigenvalue weighted by atomic mass is 10.4. The van der Waals surface area contributed by atoms with E-state index in [2.05, 4.69) is 15.0 Å². The first-order chi connectivity index (χ1) is 6.98. The van der Waals surface area contributed by atoms with E-state index >= 15 is 0 Å². The molecule has 0 bridgehead atoms. The lowest BCUT2D eigenvalue weighted by Gasteiger charge is -2.01. The summed E-state index contributed by atoms with van der Waals surface area (Å²) in [7, 11) is -3.46. The molecule has 0 radical (unpaired) electrons. The molecule has 0 saturated carbocycles. The van der Waals surface area contributed by atoms with E-state index in [-0.39, 0.29) is 10.2 Å². The van der Waals surface area contributed by atoms with Gasteiger partial charge >= 0.3 is 0 Å². The van der Waals surface area contributed by atoms with Crippen LogP contribution < -0.4 is 0 Å². The number of sulfone groups is 1. The molecule has 0 unspecified atom stereocenters. The second kappa shape index (κ2) is 3.39. The van der Waals surface area contributed by atoms with Gasteiger partial charge < -0.3 is 0 Å². The highest BCUT2D eigenvalue weighted by molar-refractivity contribution is 7.90. The SMILES string of the molecule is CS(=O)(=O)c1nc2cccnc2nc1Cl. The topological polar surface area (TPSA) is 72.8 Å². The van der Waals surface area contributed by atoms with Crippen molar-refractivity contribution in [1.82, 2.24) is 15.0 Å². The van der Waals surface area contributed by atoms with Crippen LogP contribution in [0.3, 0.4) is 0 Å². The van der Waals surface area contributed by atoms with Crippen molar-refractivity contribution in [2.24, 2.45) is 0 Å². The number of fused-ring (bicyclic) bond motifs is 1. The van der Waals surface area contributed by atoms with Gasteiger partial charge in [-0.3, -0.25) is 0 Å². The minimum Gasteiger partial charge on any atom is -0.235 e. The molecule has 0 aromatic carbocycles. The highest BCUT2D eigenvalue weighted by Gasteiger charge is 2.16. The number of hydrogen-bond donors (Lipinski definition) is 0. The molecule has 2 heterocycles. The van der Waals surface area contributed by atoms with Crippen LogP contribution in [0.2, 0.25) is 5.15 Å². The summed E-state index contributed by atoms with van der Waals surface area (Å²) in [4.78, 5) is 11.7. The number of aromatic nitrogens is 3. The maximum Gasteiger partial charge on any atom is 0.195 e. The number of halogens is 1. The van der Waals surface area contributed by atoms with Crippen molar-refractivity contribution in [3.63, 3.8) is 0 Å². The smallest absolute Gasteiger partial charge is 0.195 e. The van der Waals surface area contributed by atoms with Gasteiger partial charge in [0.2, 0.25) is 0 Å². The second-order valence-corrected chi connectivity index (χ2v) is 5.23. The van der Waals surface area contributed by atoms with Gasteiger partial charge in [0.25, 0.3) is 0 Å². The summed E-state index contributed by atoms with van der Waals surface area (Å²) in [5.41, 5.74) is 0.734. The molecule has 0 aliphatic rings. The lowest BCUT2D eigenvalue weighted by molar-refractivity contribution is 0.598. The third-order valence-electron chi connectivity index (χ3n) is 1.72. The summed E-state index contributed by atoms with van der Waals surface area (Å²) in [5, 5.41) is -0.367. The quantitative estimate of drug-likeness (QED) is 0.749. The fraction of sp³-hybridized carbons (Fsp3) is 0.125. The average Bonchev–Trinajstić information content (AvgIpc) is 2.15. The van der Waals surface area contributed by atoms with E-state index in [9.17, 15) is 8.42 Å². The van der Waals surface area contributed by atoms with Crippen LogP contribution in [0.4, 0.5) is 0 Å². The number of nitrogens with zero attached hydrogens (tertiary/aromatic N) is 3. The maximum atomic E-state index is 11.3. The van der Waals surface area contributed by atoms with Crippen molar-refractivity contribution in [3.8, 4) is 0 Å². The first-order valence-electron chi connectivity index (χ1n) is 3.97. The van der Waals surface area contributed by atoms with E-state index in [0.29, 0.717) is 11.2 Å². The van der Waals surface area contributed by atoms with Gasteiger partial charge in [0.1, 0.15) is 5.52 Å². The van der Waals surface area contributed by atoms with Crippen LogP contribution in [0.5, 0.6) is 0 Å². The molecule has 78 valence electrons. The van der Waals surface area contributed by atoms with Crippen molar-refractivity contribution >= 4 is 32.6 Å². The Morgan fingerprint density at radius 1 is 1.33 bits per heavy atom. The lowest BCUT2D eigenvalue weighted by Crippen LogP contribution is -2.04. The number of pyridine rings is 1. The third-order valence-corrected chi connectivity index (χ3v) is 3.08. The molecule has 15 heavy (non-hydrogen) atoms. The van der Waals surface area contributed by atoms with Gasteiger partial charge in [-0.05, 0) is 12.1 Å². The minimum absolute atomic E-state index is 0.149. The Hall–Kier alpha value is -1.27. The molecule has 0 atom stereocenters. The maximum absolute atomic E-state index is 11.3. The van der Waals surface area contributed by atoms with Gasteiger partial charge in [0, 0.05) is 12.5 Å². The standard InChI is InChI=1S/C8H6ClN3O2S/c1-15(13,14)8-6(9)12-7-5(11-8)3-2-4-10-7/h2-4H,1H3. The number of hydrogen-bond acceptors (Lipinski definition) is 5. The zero-order chi connectivity index (χ0) is 11.1. The molecule has 2 rings (SSSR count). The van der Waals surface area contributed by atoms with Gasteiger partial charge in [-0.15, -0.1) is 0 Å². The second-order valence-electron chi connectivity index (χ2n) is 2.94. The van der Waals surface area contributed by atoms with E-state index in [4.69, 9.17) is 11.6 Å². The van der Waals surface area contributed by atoms with Crippen LogP contribution in [-0.2, 0) is 9.84 Å². The Labute approximate surface area is 91.1 Å². The van der Waals surface area contributed by atoms with Crippen LogP contribution in [0.15, 0.2) is 23.4 Å². The van der Waals surface area contributed by atoms with Crippen molar-refractivity contribution < 1.29 is 8.42 Å². The Morgan fingerprint density at radius 3 is 2.73 bits per heavy atom. The molecule has 0 aliphatic carbocycles. The highest BCUT2D eigenvalue weighted by Crippen LogP contribution is 2.19. The molecule has 0 fully saturated rings. The fourth-order valence-electron chi connectivity index (χ4n) is 1.09. The van der Waals surface area contributed by atoms with Crippen molar-refractivity contribution in [1.29, 1.82) is 0 Å². The monoisotopic (exact) mass is 243 g/mol. The van der Waals surface area contributed by atoms with Gasteiger partial charge in [0.15, 0.2) is 25.7 Å². The molecule has 0 spiro atoms. The molecular weight excluding hydrogens is 238 g/mol. The van der Waals surface area contributed by atoms with Crippen LogP contribution in [0, 0.1) is 0 Å². The fourth-order valence-corrected chi connectivity index (χ4v) is 2.25. The van der Waals surface area contributed by atoms with Crippen LogP contribution in [0.25, 0.3) is 11.2 Å². The molecule has 0 saturated heterocycles. The summed E-state index contributed by atoms with van der Waals surface area (Å²) in [6.07, 6.45) is 2.57. The largest absolute Gasteiger partial charge is 0.235 e. The molecular formula is C8H6ClN3O2S. The van der Waals surface area contributed by atoms with Crippen molar-refractivity contribution in [3.05, 3.63) is 23.5 Å². The zero-order valence-corrected chi connectivity index (χ0v) is 9.25. The summed E-state index contributed by atoms with van der Waals surface area (Å²) in [6.45, 7) is 0. The molecule has 2 aromatic heterocycles. The summed E-state index contributed by atoms with van der Waals surface area (Å²) in [5.74, 6) is 0. The average molecular weight is 244 g/mol. The molecule has 0 aliphatic heterocycles. The van der Waals surface area contributed by atoms with E-state index in [1.54, 1.807) is 12.1 Å². The predicted octanol–water partition coefficient (Wildman–Crippen LogP) is 1.08. The first kappa shape index (κ1) is 10.3. The predicted molar refractivity (Wildman–Crippen MR) is 55.5 cm³/mol. The van der Waals surface area contributed by atoms with E-state index in [1.807, 2.05) is 0 Å². The Kier molecular flexibility index (Phi) is 2.32.